The van der Waals surface area contributed by atoms with E-state index >= 15 is 0 Å². The summed E-state index contributed by atoms with van der Waals surface area (Å²) in [5.41, 5.74) is 6.87. The zero-order valence-electron chi connectivity index (χ0n) is 11.3. The van der Waals surface area contributed by atoms with Crippen LogP contribution in [0.1, 0.15) is 37.8 Å². The summed E-state index contributed by atoms with van der Waals surface area (Å²) in [6.45, 7) is 2.18. The lowest BCUT2D eigenvalue weighted by atomic mass is 10.1. The van der Waals surface area contributed by atoms with Gasteiger partial charge in [0.2, 0.25) is 5.91 Å². The monoisotopic (exact) mass is 278 g/mol. The Hall–Kier alpha value is -1.00. The number of nitrogens with two attached hydrogens (primary N) is 1. The zero-order valence-corrected chi connectivity index (χ0v) is 12.2. The van der Waals surface area contributed by atoms with Gasteiger partial charge in [-0.3, -0.25) is 4.79 Å². The maximum Gasteiger partial charge on any atom is 0.241 e. The average molecular weight is 278 g/mol. The molecule has 104 valence electrons. The second-order valence-corrected chi connectivity index (χ2v) is 6.56. The van der Waals surface area contributed by atoms with E-state index in [2.05, 4.69) is 12.2 Å². The van der Waals surface area contributed by atoms with Crippen molar-refractivity contribution in [3.05, 3.63) is 35.9 Å². The van der Waals surface area contributed by atoms with Crippen LogP contribution in [0.4, 0.5) is 0 Å². The molecular weight excluding hydrogens is 256 g/mol. The van der Waals surface area contributed by atoms with E-state index in [0.717, 1.165) is 24.2 Å². The second-order valence-electron chi connectivity index (χ2n) is 4.98. The number of carbonyl (C=O) groups excluding carboxylic acids is 1. The summed E-state index contributed by atoms with van der Waals surface area (Å²) in [5.74, 6) is 1.09. The fourth-order valence-electron chi connectivity index (χ4n) is 2.56. The molecule has 0 aliphatic heterocycles. The van der Waals surface area contributed by atoms with Crippen LogP contribution in [0.3, 0.4) is 0 Å². The van der Waals surface area contributed by atoms with Crippen molar-refractivity contribution in [2.75, 3.05) is 5.75 Å². The molecule has 1 aromatic rings. The van der Waals surface area contributed by atoms with Gasteiger partial charge in [-0.25, -0.2) is 0 Å². The van der Waals surface area contributed by atoms with Crippen LogP contribution in [-0.4, -0.2) is 23.0 Å². The predicted molar refractivity (Wildman–Crippen MR) is 81.1 cm³/mol. The molecule has 0 aromatic heterocycles. The minimum absolute atomic E-state index is 0.0571. The SMILES string of the molecule is CCSC1CCC(NC(=O)[C@H](N)c2ccccc2)C1. The van der Waals surface area contributed by atoms with Crippen molar-refractivity contribution in [3.8, 4) is 0 Å². The third-order valence-corrected chi connectivity index (χ3v) is 4.81. The Bertz CT molecular complexity index is 410. The summed E-state index contributed by atoms with van der Waals surface area (Å²) < 4.78 is 0. The molecule has 1 amide bonds. The van der Waals surface area contributed by atoms with Crippen LogP contribution < -0.4 is 11.1 Å². The first-order chi connectivity index (χ1) is 9.20. The number of thioether (sulfide) groups is 1. The highest BCUT2D eigenvalue weighted by Crippen LogP contribution is 2.29. The summed E-state index contributed by atoms with van der Waals surface area (Å²) >= 11 is 1.99. The van der Waals surface area contributed by atoms with Gasteiger partial charge < -0.3 is 11.1 Å². The molecule has 0 bridgehead atoms. The molecule has 1 aromatic carbocycles. The first-order valence-electron chi connectivity index (χ1n) is 6.93. The van der Waals surface area contributed by atoms with Crippen LogP contribution in [0.25, 0.3) is 0 Å². The highest BCUT2D eigenvalue weighted by molar-refractivity contribution is 7.99. The Kier molecular flexibility index (Phi) is 5.28. The molecule has 19 heavy (non-hydrogen) atoms. The smallest absolute Gasteiger partial charge is 0.241 e. The van der Waals surface area contributed by atoms with Crippen LogP contribution in [0.15, 0.2) is 30.3 Å². The number of benzene rings is 1. The molecule has 1 aliphatic carbocycles. The van der Waals surface area contributed by atoms with Gasteiger partial charge in [0.05, 0.1) is 0 Å². The van der Waals surface area contributed by atoms with E-state index in [4.69, 9.17) is 5.73 Å². The summed E-state index contributed by atoms with van der Waals surface area (Å²) in [6.07, 6.45) is 3.35. The normalized spacial score (nSPS) is 24.1. The maximum absolute atomic E-state index is 12.1. The van der Waals surface area contributed by atoms with Gasteiger partial charge in [0.15, 0.2) is 0 Å². The number of nitrogens with one attached hydrogen (secondary N) is 1. The maximum atomic E-state index is 12.1. The molecule has 3 nitrogen and oxygen atoms in total. The van der Waals surface area contributed by atoms with Crippen LogP contribution in [0, 0.1) is 0 Å². The van der Waals surface area contributed by atoms with Crippen molar-refractivity contribution in [2.45, 2.75) is 43.5 Å². The van der Waals surface area contributed by atoms with Crippen molar-refractivity contribution >= 4 is 17.7 Å². The lowest BCUT2D eigenvalue weighted by molar-refractivity contribution is -0.123. The summed E-state index contributed by atoms with van der Waals surface area (Å²) in [6, 6.07) is 9.28. The van der Waals surface area contributed by atoms with Gasteiger partial charge in [-0.2, -0.15) is 11.8 Å². The van der Waals surface area contributed by atoms with Gasteiger partial charge in [0.1, 0.15) is 6.04 Å². The van der Waals surface area contributed by atoms with E-state index in [9.17, 15) is 4.79 Å². The summed E-state index contributed by atoms with van der Waals surface area (Å²) in [5, 5.41) is 3.79. The third kappa shape index (κ3) is 3.98. The van der Waals surface area contributed by atoms with Gasteiger partial charge in [-0.05, 0) is 30.6 Å². The lowest BCUT2D eigenvalue weighted by Crippen LogP contribution is -2.39. The van der Waals surface area contributed by atoms with E-state index in [1.54, 1.807) is 0 Å². The molecule has 0 heterocycles. The molecule has 3 atom stereocenters. The Morgan fingerprint density at radius 2 is 2.16 bits per heavy atom. The van der Waals surface area contributed by atoms with Gasteiger partial charge in [0.25, 0.3) is 0 Å². The first kappa shape index (κ1) is 14.4. The van der Waals surface area contributed by atoms with Crippen molar-refractivity contribution in [1.29, 1.82) is 0 Å². The van der Waals surface area contributed by atoms with Crippen LogP contribution in [0.5, 0.6) is 0 Å². The second kappa shape index (κ2) is 6.96. The topological polar surface area (TPSA) is 55.1 Å². The quantitative estimate of drug-likeness (QED) is 0.870. The first-order valence-corrected chi connectivity index (χ1v) is 7.98. The third-order valence-electron chi connectivity index (χ3n) is 3.57. The highest BCUT2D eigenvalue weighted by atomic mass is 32.2. The van der Waals surface area contributed by atoms with Gasteiger partial charge >= 0.3 is 0 Å². The summed E-state index contributed by atoms with van der Waals surface area (Å²) in [7, 11) is 0. The van der Waals surface area contributed by atoms with Crippen molar-refractivity contribution in [2.24, 2.45) is 5.73 Å². The molecule has 0 spiro atoms. The zero-order chi connectivity index (χ0) is 13.7. The molecule has 2 rings (SSSR count). The molecular formula is C15H22N2OS. The standard InChI is InChI=1S/C15H22N2OS/c1-2-19-13-9-8-12(10-13)17-15(18)14(16)11-6-4-3-5-7-11/h3-7,12-14H,2,8-10,16H2,1H3,(H,17,18)/t12?,13?,14-/m1/s1. The largest absolute Gasteiger partial charge is 0.352 e. The fraction of sp³-hybridized carbons (Fsp3) is 0.533. The molecule has 4 heteroatoms. The van der Waals surface area contributed by atoms with Gasteiger partial charge in [0, 0.05) is 11.3 Å². The number of hydrogen-bond acceptors (Lipinski definition) is 3. The van der Waals surface area contributed by atoms with Gasteiger partial charge in [-0.15, -0.1) is 0 Å². The Labute approximate surface area is 119 Å². The van der Waals surface area contributed by atoms with E-state index in [1.807, 2.05) is 42.1 Å². The lowest BCUT2D eigenvalue weighted by Gasteiger charge is -2.17. The molecule has 2 unspecified atom stereocenters. The van der Waals surface area contributed by atoms with E-state index in [1.165, 1.54) is 6.42 Å². The van der Waals surface area contributed by atoms with Crippen LogP contribution in [-0.2, 0) is 4.79 Å². The fourth-order valence-corrected chi connectivity index (χ4v) is 3.70. The molecule has 1 fully saturated rings. The van der Waals surface area contributed by atoms with Crippen LogP contribution >= 0.6 is 11.8 Å². The van der Waals surface area contributed by atoms with E-state index < -0.39 is 6.04 Å². The summed E-state index contributed by atoms with van der Waals surface area (Å²) in [4.78, 5) is 12.1. The number of rotatable bonds is 5. The molecule has 1 aliphatic rings. The van der Waals surface area contributed by atoms with E-state index in [-0.39, 0.29) is 5.91 Å². The van der Waals surface area contributed by atoms with Crippen LogP contribution in [0.2, 0.25) is 0 Å². The molecule has 1 saturated carbocycles. The van der Waals surface area contributed by atoms with Crippen molar-refractivity contribution in [1.82, 2.24) is 5.32 Å². The number of carbonyl (C=O) groups is 1. The Morgan fingerprint density at radius 1 is 1.42 bits per heavy atom. The average Bonchev–Trinajstić information content (AvgIpc) is 2.86. The van der Waals surface area contributed by atoms with Gasteiger partial charge in [-0.1, -0.05) is 37.3 Å². The molecule has 3 N–H and O–H groups in total. The van der Waals surface area contributed by atoms with Crippen molar-refractivity contribution in [3.63, 3.8) is 0 Å². The highest BCUT2D eigenvalue weighted by Gasteiger charge is 2.27. The van der Waals surface area contributed by atoms with Crippen molar-refractivity contribution < 1.29 is 4.79 Å². The molecule has 0 saturated heterocycles. The number of amides is 1. The number of hydrogen-bond donors (Lipinski definition) is 2. The minimum Gasteiger partial charge on any atom is -0.352 e. The molecule has 0 radical (unpaired) electrons. The van der Waals surface area contributed by atoms with E-state index in [0.29, 0.717) is 11.3 Å². The minimum atomic E-state index is -0.556. The Balaban J connectivity index is 1.85. The predicted octanol–water partition coefficient (Wildman–Crippen LogP) is 2.48. The Morgan fingerprint density at radius 3 is 2.84 bits per heavy atom.